The third kappa shape index (κ3) is 2.44. The fourth-order valence-electron chi connectivity index (χ4n) is 3.00. The van der Waals surface area contributed by atoms with Gasteiger partial charge in [-0.1, -0.05) is 18.2 Å². The maximum Gasteiger partial charge on any atom is 0.262 e. The Hall–Kier alpha value is -2.93. The Morgan fingerprint density at radius 3 is 2.64 bits per heavy atom. The van der Waals surface area contributed by atoms with Crippen LogP contribution >= 0.6 is 0 Å². The van der Waals surface area contributed by atoms with Crippen molar-refractivity contribution in [2.24, 2.45) is 0 Å². The van der Waals surface area contributed by atoms with E-state index >= 15 is 0 Å². The van der Waals surface area contributed by atoms with Crippen LogP contribution in [0, 0.1) is 12.7 Å². The van der Waals surface area contributed by atoms with Crippen LogP contribution < -0.4 is 10.0 Å². The molecule has 0 unspecified atom stereocenters. The lowest BCUT2D eigenvalue weighted by Crippen LogP contribution is -2.14. The molecule has 126 valence electrons. The summed E-state index contributed by atoms with van der Waals surface area (Å²) >= 11 is 0. The average Bonchev–Trinajstić information content (AvgIpc) is 2.88. The summed E-state index contributed by atoms with van der Waals surface area (Å²) in [6.45, 7) is 1.72. The summed E-state index contributed by atoms with van der Waals surface area (Å²) in [6.07, 6.45) is 0. The fourth-order valence-corrected chi connectivity index (χ4v) is 4.27. The minimum absolute atomic E-state index is 0.00965. The number of anilines is 2. The molecule has 0 aromatic heterocycles. The molecule has 0 spiro atoms. The number of carbonyl (C=O) groups excluding carboxylic acids is 1. The van der Waals surface area contributed by atoms with Crippen LogP contribution in [0.1, 0.15) is 15.9 Å². The Labute approximate surface area is 143 Å². The number of halogens is 1. The molecule has 25 heavy (non-hydrogen) atoms. The summed E-state index contributed by atoms with van der Waals surface area (Å²) in [7, 11) is -4.03. The van der Waals surface area contributed by atoms with Gasteiger partial charge < -0.3 is 5.32 Å². The predicted molar refractivity (Wildman–Crippen MR) is 93.8 cm³/mol. The number of rotatable bonds is 3. The summed E-state index contributed by atoms with van der Waals surface area (Å²) < 4.78 is 41.9. The van der Waals surface area contributed by atoms with E-state index in [0.29, 0.717) is 27.6 Å². The van der Waals surface area contributed by atoms with E-state index < -0.39 is 15.8 Å². The first-order valence-electron chi connectivity index (χ1n) is 7.53. The van der Waals surface area contributed by atoms with Crippen molar-refractivity contribution in [3.05, 3.63) is 65.5 Å². The number of hydrogen-bond acceptors (Lipinski definition) is 3. The quantitative estimate of drug-likeness (QED) is 0.752. The van der Waals surface area contributed by atoms with E-state index in [1.54, 1.807) is 31.2 Å². The molecule has 1 aliphatic heterocycles. The zero-order chi connectivity index (χ0) is 17.8. The van der Waals surface area contributed by atoms with Crippen molar-refractivity contribution in [3.63, 3.8) is 0 Å². The highest BCUT2D eigenvalue weighted by Crippen LogP contribution is 2.37. The lowest BCUT2D eigenvalue weighted by atomic mass is 10.1. The van der Waals surface area contributed by atoms with Gasteiger partial charge in [-0.3, -0.25) is 9.52 Å². The van der Waals surface area contributed by atoms with E-state index in [0.717, 1.165) is 0 Å². The highest BCUT2D eigenvalue weighted by Gasteiger charge is 2.26. The Bertz CT molecular complexity index is 1160. The zero-order valence-corrected chi connectivity index (χ0v) is 13.9. The molecule has 0 aliphatic carbocycles. The Balaban J connectivity index is 1.87. The van der Waals surface area contributed by atoms with Gasteiger partial charge in [-0.2, -0.15) is 0 Å². The molecule has 0 radical (unpaired) electrons. The van der Waals surface area contributed by atoms with Crippen molar-refractivity contribution >= 4 is 38.1 Å². The summed E-state index contributed by atoms with van der Waals surface area (Å²) in [5.41, 5.74) is 1.56. The van der Waals surface area contributed by atoms with Crippen LogP contribution in [0.25, 0.3) is 10.8 Å². The van der Waals surface area contributed by atoms with Crippen LogP contribution in [0.15, 0.2) is 53.4 Å². The summed E-state index contributed by atoms with van der Waals surface area (Å²) in [6, 6.07) is 12.1. The molecule has 3 aromatic rings. The largest absolute Gasteiger partial charge is 0.321 e. The van der Waals surface area contributed by atoms with Crippen molar-refractivity contribution in [1.29, 1.82) is 0 Å². The van der Waals surface area contributed by atoms with Crippen LogP contribution in [0.3, 0.4) is 0 Å². The summed E-state index contributed by atoms with van der Waals surface area (Å²) in [5.74, 6) is -0.918. The molecule has 1 aliphatic rings. The van der Waals surface area contributed by atoms with Crippen molar-refractivity contribution in [1.82, 2.24) is 0 Å². The summed E-state index contributed by atoms with van der Waals surface area (Å²) in [5, 5.41) is 3.67. The van der Waals surface area contributed by atoms with Gasteiger partial charge in [0.15, 0.2) is 0 Å². The van der Waals surface area contributed by atoms with Crippen molar-refractivity contribution in [2.45, 2.75) is 11.8 Å². The van der Waals surface area contributed by atoms with Gasteiger partial charge in [-0.05, 0) is 42.8 Å². The molecule has 0 saturated carbocycles. The van der Waals surface area contributed by atoms with Gasteiger partial charge in [0, 0.05) is 22.0 Å². The smallest absolute Gasteiger partial charge is 0.262 e. The maximum absolute atomic E-state index is 14.0. The van der Waals surface area contributed by atoms with Gasteiger partial charge in [0.25, 0.3) is 15.9 Å². The molecule has 0 atom stereocenters. The highest BCUT2D eigenvalue weighted by molar-refractivity contribution is 7.93. The molecule has 2 N–H and O–H groups in total. The lowest BCUT2D eigenvalue weighted by molar-refractivity contribution is 0.103. The van der Waals surface area contributed by atoms with E-state index in [1.807, 2.05) is 0 Å². The Morgan fingerprint density at radius 1 is 1.08 bits per heavy atom. The van der Waals surface area contributed by atoms with Crippen molar-refractivity contribution < 1.29 is 17.6 Å². The van der Waals surface area contributed by atoms with Crippen LogP contribution in [-0.4, -0.2) is 14.3 Å². The minimum atomic E-state index is -4.03. The predicted octanol–water partition coefficient (Wildman–Crippen LogP) is 3.65. The van der Waals surface area contributed by atoms with Crippen LogP contribution in [0.5, 0.6) is 0 Å². The van der Waals surface area contributed by atoms with Crippen molar-refractivity contribution in [2.75, 3.05) is 10.0 Å². The van der Waals surface area contributed by atoms with E-state index in [2.05, 4.69) is 10.0 Å². The number of hydrogen-bond donors (Lipinski definition) is 2. The van der Waals surface area contributed by atoms with Gasteiger partial charge in [0.1, 0.15) is 5.82 Å². The molecule has 5 nitrogen and oxygen atoms in total. The Kier molecular flexibility index (Phi) is 3.30. The van der Waals surface area contributed by atoms with E-state index in [9.17, 15) is 17.6 Å². The standard InChI is InChI=1S/C18H13FN2O3S/c1-10-5-6-14(13(19)9-10)21-25(23,24)16-8-7-15-17-11(16)3-2-4-12(17)18(22)20-15/h2-9,21H,1H3,(H,20,22). The summed E-state index contributed by atoms with van der Waals surface area (Å²) in [4.78, 5) is 11.9. The fraction of sp³-hybridized carbons (Fsp3) is 0.0556. The third-order valence-corrected chi connectivity index (χ3v) is 5.58. The number of amides is 1. The second kappa shape index (κ2) is 5.29. The average molecular weight is 356 g/mol. The number of nitrogens with one attached hydrogen (secondary N) is 2. The van der Waals surface area contributed by atoms with E-state index in [4.69, 9.17) is 0 Å². The van der Waals surface area contributed by atoms with Gasteiger partial charge >= 0.3 is 0 Å². The number of carbonyl (C=O) groups is 1. The molecule has 0 fully saturated rings. The Morgan fingerprint density at radius 2 is 1.88 bits per heavy atom. The zero-order valence-electron chi connectivity index (χ0n) is 13.1. The van der Waals surface area contributed by atoms with Gasteiger partial charge in [-0.25, -0.2) is 12.8 Å². The van der Waals surface area contributed by atoms with Gasteiger partial charge in [0.2, 0.25) is 0 Å². The topological polar surface area (TPSA) is 75.3 Å². The number of sulfonamides is 1. The first kappa shape index (κ1) is 15.6. The molecule has 4 rings (SSSR count). The van der Waals surface area contributed by atoms with E-state index in [-0.39, 0.29) is 16.5 Å². The van der Waals surface area contributed by atoms with Crippen LogP contribution in [0.4, 0.5) is 15.8 Å². The van der Waals surface area contributed by atoms with Gasteiger partial charge in [-0.15, -0.1) is 0 Å². The SMILES string of the molecule is Cc1ccc(NS(=O)(=O)c2ccc3c4c(cccc24)C(=O)N3)c(F)c1. The molecule has 0 saturated heterocycles. The van der Waals surface area contributed by atoms with Crippen molar-refractivity contribution in [3.8, 4) is 0 Å². The third-order valence-electron chi connectivity index (χ3n) is 4.15. The molecule has 3 aromatic carbocycles. The molecular formula is C18H13FN2O3S. The second-order valence-corrected chi connectivity index (χ2v) is 7.53. The normalized spacial score (nSPS) is 13.1. The van der Waals surface area contributed by atoms with Gasteiger partial charge in [0.05, 0.1) is 10.6 Å². The van der Waals surface area contributed by atoms with E-state index in [1.165, 1.54) is 24.3 Å². The number of aryl methyl sites for hydroxylation is 1. The monoisotopic (exact) mass is 356 g/mol. The molecule has 1 heterocycles. The molecule has 1 amide bonds. The molecule has 7 heteroatoms. The number of benzene rings is 3. The first-order chi connectivity index (χ1) is 11.9. The second-order valence-electron chi connectivity index (χ2n) is 5.88. The highest BCUT2D eigenvalue weighted by atomic mass is 32.2. The first-order valence-corrected chi connectivity index (χ1v) is 9.01. The molecular weight excluding hydrogens is 343 g/mol. The maximum atomic E-state index is 14.0. The van der Waals surface area contributed by atoms with Crippen LogP contribution in [-0.2, 0) is 10.0 Å². The lowest BCUT2D eigenvalue weighted by Gasteiger charge is -2.12. The molecule has 0 bridgehead atoms. The van der Waals surface area contributed by atoms with Crippen LogP contribution in [0.2, 0.25) is 0 Å². The minimum Gasteiger partial charge on any atom is -0.321 e.